The lowest BCUT2D eigenvalue weighted by Gasteiger charge is -2.08. The fourth-order valence-corrected chi connectivity index (χ4v) is 1.39. The summed E-state index contributed by atoms with van der Waals surface area (Å²) in [7, 11) is 0. The standard InChI is InChI=1S/C11H12ClFO/c1-3-8-4-5-9(10(13)6-8)11(12)7(2)14/h4-6,11H,3H2,1-2H3. The number of halogens is 2. The van der Waals surface area contributed by atoms with Gasteiger partial charge >= 0.3 is 0 Å². The van der Waals surface area contributed by atoms with Gasteiger partial charge in [-0.3, -0.25) is 4.79 Å². The van der Waals surface area contributed by atoms with Crippen LogP contribution in [0.4, 0.5) is 4.39 Å². The van der Waals surface area contributed by atoms with E-state index in [9.17, 15) is 9.18 Å². The zero-order valence-electron chi connectivity index (χ0n) is 8.18. The van der Waals surface area contributed by atoms with Crippen molar-refractivity contribution >= 4 is 17.4 Å². The molecule has 1 unspecified atom stereocenters. The van der Waals surface area contributed by atoms with E-state index in [2.05, 4.69) is 0 Å². The van der Waals surface area contributed by atoms with Crippen LogP contribution in [0.3, 0.4) is 0 Å². The number of carbonyl (C=O) groups is 1. The molecule has 0 aromatic heterocycles. The highest BCUT2D eigenvalue weighted by Crippen LogP contribution is 2.24. The highest BCUT2D eigenvalue weighted by molar-refractivity contribution is 6.30. The van der Waals surface area contributed by atoms with E-state index in [1.54, 1.807) is 12.1 Å². The minimum Gasteiger partial charge on any atom is -0.298 e. The van der Waals surface area contributed by atoms with Crippen LogP contribution in [-0.2, 0) is 11.2 Å². The molecule has 0 fully saturated rings. The van der Waals surface area contributed by atoms with Crippen molar-refractivity contribution in [2.75, 3.05) is 0 Å². The molecule has 1 nitrogen and oxygen atoms in total. The Hall–Kier alpha value is -0.890. The second kappa shape index (κ2) is 4.56. The Kier molecular flexibility index (Phi) is 3.64. The fourth-order valence-electron chi connectivity index (χ4n) is 1.22. The predicted molar refractivity (Wildman–Crippen MR) is 55.1 cm³/mol. The number of Topliss-reactive ketones (excluding diaryl/α,β-unsaturated/α-hetero) is 1. The number of benzene rings is 1. The van der Waals surface area contributed by atoms with Crippen LogP contribution in [0.15, 0.2) is 18.2 Å². The third-order valence-corrected chi connectivity index (χ3v) is 2.65. The van der Waals surface area contributed by atoms with Crippen LogP contribution in [0.2, 0.25) is 0 Å². The molecule has 0 aliphatic carbocycles. The first-order valence-electron chi connectivity index (χ1n) is 4.49. The van der Waals surface area contributed by atoms with Crippen molar-refractivity contribution in [2.45, 2.75) is 25.6 Å². The molecule has 1 aromatic rings. The molecule has 0 amide bonds. The number of aryl methyl sites for hydroxylation is 1. The Bertz CT molecular complexity index is 349. The fraction of sp³-hybridized carbons (Fsp3) is 0.364. The molecule has 0 spiro atoms. The van der Waals surface area contributed by atoms with Crippen molar-refractivity contribution in [3.05, 3.63) is 35.1 Å². The van der Waals surface area contributed by atoms with Crippen LogP contribution in [0.5, 0.6) is 0 Å². The molecule has 0 aliphatic heterocycles. The Balaban J connectivity index is 3.05. The van der Waals surface area contributed by atoms with Crippen molar-refractivity contribution in [1.29, 1.82) is 0 Å². The molecular weight excluding hydrogens is 203 g/mol. The highest BCUT2D eigenvalue weighted by atomic mass is 35.5. The largest absolute Gasteiger partial charge is 0.298 e. The quantitative estimate of drug-likeness (QED) is 0.706. The van der Waals surface area contributed by atoms with E-state index in [1.165, 1.54) is 13.0 Å². The SMILES string of the molecule is CCc1ccc(C(Cl)C(C)=O)c(F)c1. The molecule has 0 saturated heterocycles. The molecule has 76 valence electrons. The average Bonchev–Trinajstić information content (AvgIpc) is 2.16. The van der Waals surface area contributed by atoms with Gasteiger partial charge in [0.05, 0.1) is 0 Å². The van der Waals surface area contributed by atoms with Crippen molar-refractivity contribution < 1.29 is 9.18 Å². The maximum Gasteiger partial charge on any atom is 0.152 e. The molecule has 1 aromatic carbocycles. The van der Waals surface area contributed by atoms with Gasteiger partial charge in [0, 0.05) is 5.56 Å². The molecule has 1 atom stereocenters. The summed E-state index contributed by atoms with van der Waals surface area (Å²) in [5, 5.41) is -0.874. The summed E-state index contributed by atoms with van der Waals surface area (Å²) >= 11 is 5.75. The van der Waals surface area contributed by atoms with Gasteiger partial charge in [-0.05, 0) is 25.0 Å². The van der Waals surface area contributed by atoms with Crippen LogP contribution in [-0.4, -0.2) is 5.78 Å². The molecule has 0 heterocycles. The molecule has 0 bridgehead atoms. The van der Waals surface area contributed by atoms with Crippen molar-refractivity contribution in [3.63, 3.8) is 0 Å². The summed E-state index contributed by atoms with van der Waals surface area (Å²) in [6.07, 6.45) is 0.768. The van der Waals surface area contributed by atoms with Gasteiger partial charge in [-0.2, -0.15) is 0 Å². The zero-order chi connectivity index (χ0) is 10.7. The van der Waals surface area contributed by atoms with Crippen LogP contribution in [0, 0.1) is 5.82 Å². The summed E-state index contributed by atoms with van der Waals surface area (Å²) in [6.45, 7) is 3.29. The van der Waals surface area contributed by atoms with Crippen LogP contribution in [0.1, 0.15) is 30.4 Å². The van der Waals surface area contributed by atoms with Crippen molar-refractivity contribution in [1.82, 2.24) is 0 Å². The predicted octanol–water partition coefficient (Wildman–Crippen LogP) is 3.26. The van der Waals surface area contributed by atoms with Gasteiger partial charge in [-0.1, -0.05) is 19.1 Å². The monoisotopic (exact) mass is 214 g/mol. The lowest BCUT2D eigenvalue weighted by Crippen LogP contribution is -2.04. The molecular formula is C11H12ClFO. The summed E-state index contributed by atoms with van der Waals surface area (Å²) in [4.78, 5) is 11.0. The van der Waals surface area contributed by atoms with Crippen molar-refractivity contribution in [2.24, 2.45) is 0 Å². The van der Waals surface area contributed by atoms with E-state index in [0.29, 0.717) is 0 Å². The maximum atomic E-state index is 13.4. The average molecular weight is 215 g/mol. The van der Waals surface area contributed by atoms with Gasteiger partial charge in [0.1, 0.15) is 11.2 Å². The summed E-state index contributed by atoms with van der Waals surface area (Å²) in [5.74, 6) is -0.644. The van der Waals surface area contributed by atoms with E-state index in [0.717, 1.165) is 12.0 Å². The Morgan fingerprint density at radius 2 is 2.21 bits per heavy atom. The summed E-state index contributed by atoms with van der Waals surface area (Å²) in [6, 6.07) is 4.79. The lowest BCUT2D eigenvalue weighted by atomic mass is 10.0. The van der Waals surface area contributed by atoms with Crippen LogP contribution >= 0.6 is 11.6 Å². The maximum absolute atomic E-state index is 13.4. The minimum absolute atomic E-state index is 0.241. The molecule has 14 heavy (non-hydrogen) atoms. The first kappa shape index (κ1) is 11.2. The number of hydrogen-bond acceptors (Lipinski definition) is 1. The van der Waals surface area contributed by atoms with E-state index in [4.69, 9.17) is 11.6 Å². The third-order valence-electron chi connectivity index (χ3n) is 2.10. The van der Waals surface area contributed by atoms with Gasteiger partial charge in [-0.25, -0.2) is 4.39 Å². The third kappa shape index (κ3) is 2.32. The second-order valence-corrected chi connectivity index (χ2v) is 3.62. The van der Waals surface area contributed by atoms with Crippen molar-refractivity contribution in [3.8, 4) is 0 Å². The zero-order valence-corrected chi connectivity index (χ0v) is 8.94. The van der Waals surface area contributed by atoms with Gasteiger partial charge in [0.2, 0.25) is 0 Å². The van der Waals surface area contributed by atoms with Gasteiger partial charge in [0.25, 0.3) is 0 Å². The Morgan fingerprint density at radius 3 is 2.64 bits per heavy atom. The second-order valence-electron chi connectivity index (χ2n) is 3.18. The highest BCUT2D eigenvalue weighted by Gasteiger charge is 2.17. The normalized spacial score (nSPS) is 12.6. The van der Waals surface area contributed by atoms with E-state index in [-0.39, 0.29) is 11.3 Å². The van der Waals surface area contributed by atoms with Crippen LogP contribution < -0.4 is 0 Å². The number of hydrogen-bond donors (Lipinski definition) is 0. The summed E-state index contributed by atoms with van der Waals surface area (Å²) in [5.41, 5.74) is 1.16. The van der Waals surface area contributed by atoms with E-state index in [1.807, 2.05) is 6.92 Å². The Morgan fingerprint density at radius 1 is 1.57 bits per heavy atom. The minimum atomic E-state index is -0.874. The molecule has 0 saturated carbocycles. The molecule has 1 rings (SSSR count). The number of carbonyl (C=O) groups excluding carboxylic acids is 1. The first-order valence-corrected chi connectivity index (χ1v) is 4.92. The summed E-state index contributed by atoms with van der Waals surface area (Å²) < 4.78 is 13.4. The molecule has 3 heteroatoms. The van der Waals surface area contributed by atoms with Gasteiger partial charge in [0.15, 0.2) is 5.78 Å². The molecule has 0 aliphatic rings. The number of alkyl halides is 1. The lowest BCUT2D eigenvalue weighted by molar-refractivity contribution is -0.116. The van der Waals surface area contributed by atoms with E-state index >= 15 is 0 Å². The Labute approximate surface area is 87.9 Å². The first-order chi connectivity index (χ1) is 6.56. The van der Waals surface area contributed by atoms with Gasteiger partial charge in [-0.15, -0.1) is 11.6 Å². The smallest absolute Gasteiger partial charge is 0.152 e. The topological polar surface area (TPSA) is 17.1 Å². The number of ketones is 1. The molecule has 0 radical (unpaired) electrons. The molecule has 0 N–H and O–H groups in total. The van der Waals surface area contributed by atoms with Crippen LogP contribution in [0.25, 0.3) is 0 Å². The van der Waals surface area contributed by atoms with Gasteiger partial charge < -0.3 is 0 Å². The van der Waals surface area contributed by atoms with E-state index < -0.39 is 11.2 Å². The number of rotatable bonds is 3.